The molecule has 28 heavy (non-hydrogen) atoms. The molecule has 0 spiro atoms. The number of carbonyl (C=O) groups is 2. The number of hydrogen-bond acceptors (Lipinski definition) is 2. The van der Waals surface area contributed by atoms with Crippen LogP contribution in [-0.4, -0.2) is 22.2 Å². The van der Waals surface area contributed by atoms with Gasteiger partial charge in [-0.1, -0.05) is 60.7 Å². The molecule has 0 aromatic heterocycles. The highest BCUT2D eigenvalue weighted by atomic mass is 16.4. The molecule has 0 saturated heterocycles. The van der Waals surface area contributed by atoms with E-state index >= 15 is 0 Å². The van der Waals surface area contributed by atoms with Crippen molar-refractivity contribution < 1.29 is 19.8 Å². The molecule has 0 radical (unpaired) electrons. The van der Waals surface area contributed by atoms with Gasteiger partial charge in [-0.05, 0) is 57.3 Å². The van der Waals surface area contributed by atoms with Crippen LogP contribution in [0.5, 0.6) is 0 Å². The molecule has 4 heteroatoms. The molecule has 0 heterocycles. The summed E-state index contributed by atoms with van der Waals surface area (Å²) in [4.78, 5) is 22.7. The SMILES string of the molecule is O=C(O)c1cccc(-c2ccc(-c3cccc(C(=O)O)c3)c3ccccc23)c1. The Balaban J connectivity index is 1.93. The molecule has 0 aliphatic heterocycles. The Kier molecular flexibility index (Phi) is 4.38. The minimum atomic E-state index is -0.965. The van der Waals surface area contributed by atoms with Gasteiger partial charge in [-0.2, -0.15) is 0 Å². The quantitative estimate of drug-likeness (QED) is 0.494. The van der Waals surface area contributed by atoms with Gasteiger partial charge < -0.3 is 10.2 Å². The number of hydrogen-bond donors (Lipinski definition) is 2. The van der Waals surface area contributed by atoms with Crippen molar-refractivity contribution in [1.29, 1.82) is 0 Å². The zero-order chi connectivity index (χ0) is 19.7. The third-order valence-corrected chi connectivity index (χ3v) is 4.77. The first-order valence-corrected chi connectivity index (χ1v) is 8.74. The molecule has 0 aliphatic carbocycles. The van der Waals surface area contributed by atoms with Gasteiger partial charge in [-0.15, -0.1) is 0 Å². The summed E-state index contributed by atoms with van der Waals surface area (Å²) < 4.78 is 0. The molecule has 0 amide bonds. The summed E-state index contributed by atoms with van der Waals surface area (Å²) in [6.07, 6.45) is 0. The first kappa shape index (κ1) is 17.5. The Labute approximate surface area is 161 Å². The van der Waals surface area contributed by atoms with Crippen LogP contribution in [0.3, 0.4) is 0 Å². The van der Waals surface area contributed by atoms with Crippen molar-refractivity contribution in [2.24, 2.45) is 0 Å². The van der Waals surface area contributed by atoms with Gasteiger partial charge >= 0.3 is 11.9 Å². The smallest absolute Gasteiger partial charge is 0.335 e. The normalized spacial score (nSPS) is 10.7. The van der Waals surface area contributed by atoms with Crippen molar-refractivity contribution in [3.05, 3.63) is 96.1 Å². The topological polar surface area (TPSA) is 74.6 Å². The molecule has 4 aromatic rings. The molecule has 0 fully saturated rings. The van der Waals surface area contributed by atoms with Crippen LogP contribution in [0.25, 0.3) is 33.0 Å². The second kappa shape index (κ2) is 7.00. The minimum Gasteiger partial charge on any atom is -0.478 e. The van der Waals surface area contributed by atoms with E-state index in [1.54, 1.807) is 36.4 Å². The fourth-order valence-electron chi connectivity index (χ4n) is 3.44. The van der Waals surface area contributed by atoms with Crippen molar-refractivity contribution in [2.75, 3.05) is 0 Å². The minimum absolute atomic E-state index is 0.236. The van der Waals surface area contributed by atoms with Crippen molar-refractivity contribution in [2.45, 2.75) is 0 Å². The standard InChI is InChI=1S/C24H16O4/c25-23(26)17-7-3-5-15(13-17)19-11-12-20(22-10-2-1-9-21(19)22)16-6-4-8-18(14-16)24(27)28/h1-14H,(H,25,26)(H,27,28). The second-order valence-electron chi connectivity index (χ2n) is 6.48. The van der Waals surface area contributed by atoms with Crippen molar-refractivity contribution in [3.63, 3.8) is 0 Å². The Morgan fingerprint density at radius 3 is 1.36 bits per heavy atom. The van der Waals surface area contributed by atoms with Gasteiger partial charge in [0.05, 0.1) is 11.1 Å². The van der Waals surface area contributed by atoms with Crippen molar-refractivity contribution >= 4 is 22.7 Å². The van der Waals surface area contributed by atoms with E-state index in [4.69, 9.17) is 0 Å². The molecular weight excluding hydrogens is 352 g/mol. The van der Waals surface area contributed by atoms with E-state index < -0.39 is 11.9 Å². The molecular formula is C24H16O4. The van der Waals surface area contributed by atoms with Gasteiger partial charge in [0.15, 0.2) is 0 Å². The number of aromatic carboxylic acids is 2. The molecule has 2 N–H and O–H groups in total. The summed E-state index contributed by atoms with van der Waals surface area (Å²) in [7, 11) is 0. The van der Waals surface area contributed by atoms with Crippen LogP contribution in [0.1, 0.15) is 20.7 Å². The molecule has 4 nitrogen and oxygen atoms in total. The van der Waals surface area contributed by atoms with Gasteiger partial charge in [-0.3, -0.25) is 0 Å². The van der Waals surface area contributed by atoms with E-state index in [2.05, 4.69) is 0 Å². The maximum Gasteiger partial charge on any atom is 0.335 e. The Morgan fingerprint density at radius 1 is 0.536 bits per heavy atom. The monoisotopic (exact) mass is 368 g/mol. The van der Waals surface area contributed by atoms with Gasteiger partial charge in [0.2, 0.25) is 0 Å². The van der Waals surface area contributed by atoms with Crippen molar-refractivity contribution in [3.8, 4) is 22.3 Å². The zero-order valence-electron chi connectivity index (χ0n) is 14.8. The lowest BCUT2D eigenvalue weighted by Crippen LogP contribution is -1.96. The fraction of sp³-hybridized carbons (Fsp3) is 0. The van der Waals surface area contributed by atoms with Gasteiger partial charge in [0.25, 0.3) is 0 Å². The van der Waals surface area contributed by atoms with Crippen LogP contribution in [0, 0.1) is 0 Å². The Morgan fingerprint density at radius 2 is 0.964 bits per heavy atom. The summed E-state index contributed by atoms with van der Waals surface area (Å²) in [5.74, 6) is -1.93. The van der Waals surface area contributed by atoms with E-state index in [9.17, 15) is 19.8 Å². The lowest BCUT2D eigenvalue weighted by molar-refractivity contribution is 0.0686. The van der Waals surface area contributed by atoms with Crippen LogP contribution >= 0.6 is 0 Å². The third kappa shape index (κ3) is 3.12. The highest BCUT2D eigenvalue weighted by molar-refractivity contribution is 6.06. The van der Waals surface area contributed by atoms with Crippen LogP contribution in [0.15, 0.2) is 84.9 Å². The molecule has 0 atom stereocenters. The molecule has 0 unspecified atom stereocenters. The molecule has 0 saturated carbocycles. The largest absolute Gasteiger partial charge is 0.478 e. The number of rotatable bonds is 4. The van der Waals surface area contributed by atoms with Gasteiger partial charge in [0, 0.05) is 0 Å². The average Bonchev–Trinajstić information content (AvgIpc) is 2.73. The number of benzene rings is 4. The number of carboxylic acids is 2. The number of carboxylic acid groups (broad SMARTS) is 2. The van der Waals surface area contributed by atoms with E-state index in [0.717, 1.165) is 33.0 Å². The molecule has 0 bridgehead atoms. The average molecular weight is 368 g/mol. The maximum absolute atomic E-state index is 11.3. The van der Waals surface area contributed by atoms with Gasteiger partial charge in [-0.25, -0.2) is 9.59 Å². The van der Waals surface area contributed by atoms with E-state index in [1.807, 2.05) is 48.5 Å². The first-order chi connectivity index (χ1) is 13.5. The summed E-state index contributed by atoms with van der Waals surface area (Å²) in [6, 6.07) is 25.5. The Bertz CT molecular complexity index is 1130. The molecule has 0 aliphatic rings. The number of fused-ring (bicyclic) bond motifs is 1. The van der Waals surface area contributed by atoms with Crippen LogP contribution in [-0.2, 0) is 0 Å². The van der Waals surface area contributed by atoms with Crippen molar-refractivity contribution in [1.82, 2.24) is 0 Å². The Hall–Kier alpha value is -3.92. The van der Waals surface area contributed by atoms with E-state index in [1.165, 1.54) is 0 Å². The summed E-state index contributed by atoms with van der Waals surface area (Å²) in [5.41, 5.74) is 3.97. The highest BCUT2D eigenvalue weighted by Gasteiger charge is 2.12. The van der Waals surface area contributed by atoms with Crippen LogP contribution in [0.4, 0.5) is 0 Å². The molecule has 136 valence electrons. The molecule has 4 aromatic carbocycles. The highest BCUT2D eigenvalue weighted by Crippen LogP contribution is 2.36. The first-order valence-electron chi connectivity index (χ1n) is 8.74. The summed E-state index contributed by atoms with van der Waals surface area (Å²) >= 11 is 0. The second-order valence-corrected chi connectivity index (χ2v) is 6.48. The van der Waals surface area contributed by atoms with E-state index in [0.29, 0.717) is 0 Å². The predicted molar refractivity (Wildman–Crippen MR) is 109 cm³/mol. The lowest BCUT2D eigenvalue weighted by Gasteiger charge is -2.13. The maximum atomic E-state index is 11.3. The zero-order valence-corrected chi connectivity index (χ0v) is 14.8. The van der Waals surface area contributed by atoms with Crippen LogP contribution < -0.4 is 0 Å². The van der Waals surface area contributed by atoms with E-state index in [-0.39, 0.29) is 11.1 Å². The lowest BCUT2D eigenvalue weighted by atomic mass is 9.91. The summed E-state index contributed by atoms with van der Waals surface area (Å²) in [5, 5.41) is 20.5. The third-order valence-electron chi connectivity index (χ3n) is 4.77. The fourth-order valence-corrected chi connectivity index (χ4v) is 3.44. The summed E-state index contributed by atoms with van der Waals surface area (Å²) in [6.45, 7) is 0. The van der Waals surface area contributed by atoms with Crippen LogP contribution in [0.2, 0.25) is 0 Å². The molecule has 4 rings (SSSR count). The van der Waals surface area contributed by atoms with Gasteiger partial charge in [0.1, 0.15) is 0 Å². The predicted octanol–water partition coefficient (Wildman–Crippen LogP) is 5.57.